The second-order valence-electron chi connectivity index (χ2n) is 5.22. The zero-order valence-corrected chi connectivity index (χ0v) is 14.3. The summed E-state index contributed by atoms with van der Waals surface area (Å²) >= 11 is 1.67. The molecule has 0 unspecified atom stereocenters. The molecule has 0 aromatic heterocycles. The van der Waals surface area contributed by atoms with Gasteiger partial charge in [-0.25, -0.2) is 0 Å². The molecule has 0 N–H and O–H groups in total. The van der Waals surface area contributed by atoms with Crippen molar-refractivity contribution < 1.29 is 24.2 Å². The fraction of sp³-hybridized carbons (Fsp3) is 0.933. The molecular formula is C15H30Zr+2. The number of rotatable bonds is 10. The van der Waals surface area contributed by atoms with Crippen molar-refractivity contribution >= 4 is 3.21 Å². The van der Waals surface area contributed by atoms with Gasteiger partial charge < -0.3 is 0 Å². The van der Waals surface area contributed by atoms with Gasteiger partial charge in [0.2, 0.25) is 0 Å². The third-order valence-electron chi connectivity index (χ3n) is 3.82. The Morgan fingerprint density at radius 1 is 0.812 bits per heavy atom. The van der Waals surface area contributed by atoms with Gasteiger partial charge in [-0.15, -0.1) is 0 Å². The molecule has 0 aliphatic heterocycles. The standard InChI is InChI=1S/C15H30.Zr/c1-5-9-12-15(8-4,13-10-6-2)14-11-7-3;/h5-7,9-14H2,1-4H3;/q;+2. The van der Waals surface area contributed by atoms with Crippen molar-refractivity contribution in [3.8, 4) is 0 Å². The first kappa shape index (κ1) is 16.8. The monoisotopic (exact) mass is 300 g/mol. The normalized spacial score (nSPS) is 11.9. The molecule has 0 saturated carbocycles. The molecule has 0 rings (SSSR count). The van der Waals surface area contributed by atoms with Crippen LogP contribution in [0.25, 0.3) is 0 Å². The van der Waals surface area contributed by atoms with Crippen molar-refractivity contribution in [1.29, 1.82) is 0 Å². The van der Waals surface area contributed by atoms with E-state index in [-0.39, 0.29) is 0 Å². The van der Waals surface area contributed by atoms with Gasteiger partial charge in [-0.05, 0) is 0 Å². The fourth-order valence-electron chi connectivity index (χ4n) is 2.48. The van der Waals surface area contributed by atoms with Crippen LogP contribution < -0.4 is 0 Å². The van der Waals surface area contributed by atoms with Crippen LogP contribution in [0.5, 0.6) is 0 Å². The summed E-state index contributed by atoms with van der Waals surface area (Å²) in [4.78, 5) is 0. The van der Waals surface area contributed by atoms with Gasteiger partial charge in [0.05, 0.1) is 0 Å². The predicted octanol–water partition coefficient (Wildman–Crippen LogP) is 5.28. The van der Waals surface area contributed by atoms with Crippen molar-refractivity contribution in [3.63, 3.8) is 0 Å². The molecule has 1 heteroatoms. The summed E-state index contributed by atoms with van der Waals surface area (Å²) in [5, 5.41) is 0. The zero-order chi connectivity index (χ0) is 12.4. The topological polar surface area (TPSA) is 0 Å². The molecular weight excluding hydrogens is 271 g/mol. The Kier molecular flexibility index (Phi) is 10.2. The minimum absolute atomic E-state index is 0.611. The first-order valence-corrected chi connectivity index (χ1v) is 8.41. The van der Waals surface area contributed by atoms with Gasteiger partial charge in [0, 0.05) is 0 Å². The maximum absolute atomic E-state index is 2.40. The molecule has 92 valence electrons. The molecule has 0 nitrogen and oxygen atoms in total. The Bertz CT molecular complexity index is 162. The molecule has 0 heterocycles. The summed E-state index contributed by atoms with van der Waals surface area (Å²) in [6.07, 6.45) is 12.6. The van der Waals surface area contributed by atoms with E-state index in [9.17, 15) is 0 Å². The molecule has 0 saturated heterocycles. The molecule has 0 aliphatic rings. The van der Waals surface area contributed by atoms with Crippen LogP contribution in [0, 0.1) is 5.41 Å². The van der Waals surface area contributed by atoms with Gasteiger partial charge >= 0.3 is 118 Å². The van der Waals surface area contributed by atoms with E-state index in [1.165, 1.54) is 57.8 Å². The van der Waals surface area contributed by atoms with Crippen LogP contribution in [0.2, 0.25) is 0 Å². The van der Waals surface area contributed by atoms with Crippen LogP contribution in [-0.2, 0) is 24.2 Å². The molecule has 0 fully saturated rings. The summed E-state index contributed by atoms with van der Waals surface area (Å²) in [5.74, 6) is 0. The Morgan fingerprint density at radius 3 is 1.31 bits per heavy atom. The van der Waals surface area contributed by atoms with Gasteiger partial charge in [-0.3, -0.25) is 0 Å². The van der Waals surface area contributed by atoms with Crippen molar-refractivity contribution in [2.24, 2.45) is 5.41 Å². The number of hydrogen-bond donors (Lipinski definition) is 0. The molecule has 0 radical (unpaired) electrons. The molecule has 16 heavy (non-hydrogen) atoms. The van der Waals surface area contributed by atoms with Crippen LogP contribution in [0.15, 0.2) is 0 Å². The Labute approximate surface area is 118 Å². The molecule has 0 aromatic rings. The summed E-state index contributed by atoms with van der Waals surface area (Å²) < 4.78 is 1.77. The van der Waals surface area contributed by atoms with Crippen molar-refractivity contribution in [2.45, 2.75) is 85.5 Å². The van der Waals surface area contributed by atoms with Gasteiger partial charge in [0.15, 0.2) is 0 Å². The van der Waals surface area contributed by atoms with E-state index in [4.69, 9.17) is 0 Å². The van der Waals surface area contributed by atoms with Gasteiger partial charge in [0.1, 0.15) is 0 Å². The Morgan fingerprint density at radius 2 is 1.12 bits per heavy atom. The van der Waals surface area contributed by atoms with Crippen LogP contribution in [0.4, 0.5) is 0 Å². The molecule has 0 aliphatic carbocycles. The summed E-state index contributed by atoms with van der Waals surface area (Å²) in [6, 6.07) is 0. The van der Waals surface area contributed by atoms with Gasteiger partial charge in [-0.1, -0.05) is 0 Å². The first-order chi connectivity index (χ1) is 7.63. The third-order valence-corrected chi connectivity index (χ3v) is 5.13. The van der Waals surface area contributed by atoms with E-state index >= 15 is 0 Å². The van der Waals surface area contributed by atoms with Crippen LogP contribution in [0.1, 0.15) is 85.5 Å². The predicted molar refractivity (Wildman–Crippen MR) is 71.7 cm³/mol. The number of hydrogen-bond acceptors (Lipinski definition) is 0. The quantitative estimate of drug-likeness (QED) is 0.515. The zero-order valence-electron chi connectivity index (χ0n) is 11.9. The van der Waals surface area contributed by atoms with E-state index in [0.29, 0.717) is 5.41 Å². The van der Waals surface area contributed by atoms with E-state index in [1.54, 1.807) is 27.4 Å². The summed E-state index contributed by atoms with van der Waals surface area (Å²) in [7, 11) is 0. The molecule has 0 spiro atoms. The second-order valence-corrected chi connectivity index (χ2v) is 7.06. The maximum atomic E-state index is 2.40. The average Bonchev–Trinajstić information content (AvgIpc) is 2.28. The van der Waals surface area contributed by atoms with Gasteiger partial charge in [0.25, 0.3) is 0 Å². The van der Waals surface area contributed by atoms with Crippen molar-refractivity contribution in [3.05, 3.63) is 0 Å². The summed E-state index contributed by atoms with van der Waals surface area (Å²) in [6.45, 7) is 9.37. The summed E-state index contributed by atoms with van der Waals surface area (Å²) in [5.41, 5.74) is 0.611. The van der Waals surface area contributed by atoms with E-state index in [2.05, 4.69) is 27.7 Å². The fourth-order valence-corrected chi connectivity index (χ4v) is 3.40. The van der Waals surface area contributed by atoms with Crippen LogP contribution in [0.3, 0.4) is 0 Å². The third kappa shape index (κ3) is 5.90. The molecule has 0 aromatic carbocycles. The SMILES string of the molecule is CCCCC(CCCC)(CCCC)[C](C)=[Zr+2]. The Balaban J connectivity index is 4.52. The van der Waals surface area contributed by atoms with Gasteiger partial charge in [-0.2, -0.15) is 0 Å². The van der Waals surface area contributed by atoms with Crippen LogP contribution >= 0.6 is 0 Å². The van der Waals surface area contributed by atoms with E-state index in [1.807, 2.05) is 0 Å². The minimum atomic E-state index is 0.611. The Hall–Kier alpha value is 0.753. The average molecular weight is 302 g/mol. The van der Waals surface area contributed by atoms with Crippen molar-refractivity contribution in [1.82, 2.24) is 0 Å². The first-order valence-electron chi connectivity index (χ1n) is 7.18. The van der Waals surface area contributed by atoms with E-state index in [0.717, 1.165) is 0 Å². The molecule has 0 amide bonds. The molecule has 0 atom stereocenters. The number of unbranched alkanes of at least 4 members (excludes halogenated alkanes) is 3. The van der Waals surface area contributed by atoms with E-state index < -0.39 is 0 Å². The second kappa shape index (κ2) is 9.75. The molecule has 0 bridgehead atoms. The van der Waals surface area contributed by atoms with Crippen LogP contribution in [-0.4, -0.2) is 3.21 Å². The van der Waals surface area contributed by atoms with Crippen molar-refractivity contribution in [2.75, 3.05) is 0 Å².